The normalized spacial score (nSPS) is 11.4. The van der Waals surface area contributed by atoms with Crippen LogP contribution in [0.5, 0.6) is 0 Å². The second-order valence-corrected chi connectivity index (χ2v) is 4.53. The molecule has 2 aromatic rings. The Bertz CT molecular complexity index is 520. The van der Waals surface area contributed by atoms with Crippen LogP contribution in [0, 0.1) is 0 Å². The fourth-order valence-corrected chi connectivity index (χ4v) is 1.89. The van der Waals surface area contributed by atoms with Crippen molar-refractivity contribution in [2.45, 2.75) is 19.9 Å². The summed E-state index contributed by atoms with van der Waals surface area (Å²) in [6.45, 7) is 5.23. The second-order valence-electron chi connectivity index (χ2n) is 4.53. The predicted molar refractivity (Wildman–Crippen MR) is 84.1 cm³/mol. The fourth-order valence-electron chi connectivity index (χ4n) is 1.89. The number of pyridine rings is 1. The van der Waals surface area contributed by atoms with Crippen molar-refractivity contribution in [3.05, 3.63) is 48.5 Å². The predicted octanol–water partition coefficient (Wildman–Crippen LogP) is 1.08. The third kappa shape index (κ3) is 5.64. The highest BCUT2D eigenvalue weighted by atomic mass is 15.3. The Morgan fingerprint density at radius 3 is 2.90 bits per heavy atom. The molecule has 0 amide bonds. The van der Waals surface area contributed by atoms with Gasteiger partial charge in [-0.1, -0.05) is 6.07 Å². The Balaban J connectivity index is 1.75. The van der Waals surface area contributed by atoms with Gasteiger partial charge < -0.3 is 10.6 Å². The topological polar surface area (TPSA) is 67.1 Å². The van der Waals surface area contributed by atoms with Gasteiger partial charge in [0.2, 0.25) is 0 Å². The molecule has 0 radical (unpaired) electrons. The minimum absolute atomic E-state index is 0.716. The van der Waals surface area contributed by atoms with Gasteiger partial charge in [-0.15, -0.1) is 0 Å². The molecule has 6 heteroatoms. The van der Waals surface area contributed by atoms with E-state index in [1.165, 1.54) is 0 Å². The third-order valence-corrected chi connectivity index (χ3v) is 2.90. The van der Waals surface area contributed by atoms with Crippen molar-refractivity contribution >= 4 is 5.96 Å². The minimum atomic E-state index is 0.716. The van der Waals surface area contributed by atoms with Gasteiger partial charge in [0.25, 0.3) is 0 Å². The molecule has 0 saturated carbocycles. The van der Waals surface area contributed by atoms with E-state index in [-0.39, 0.29) is 0 Å². The van der Waals surface area contributed by atoms with Crippen LogP contribution in [-0.2, 0) is 13.0 Å². The lowest BCUT2D eigenvalue weighted by atomic mass is 10.3. The first-order valence-electron chi connectivity index (χ1n) is 7.28. The molecule has 0 fully saturated rings. The molecule has 112 valence electrons. The molecule has 0 aromatic carbocycles. The van der Waals surface area contributed by atoms with Gasteiger partial charge in [-0.3, -0.25) is 14.7 Å². The molecule has 0 saturated heterocycles. The number of guanidine groups is 1. The monoisotopic (exact) mass is 286 g/mol. The Morgan fingerprint density at radius 2 is 2.19 bits per heavy atom. The minimum Gasteiger partial charge on any atom is -0.357 e. The third-order valence-electron chi connectivity index (χ3n) is 2.90. The molecule has 0 aliphatic carbocycles. The zero-order valence-corrected chi connectivity index (χ0v) is 12.4. The van der Waals surface area contributed by atoms with E-state index in [9.17, 15) is 0 Å². The van der Waals surface area contributed by atoms with Crippen LogP contribution in [0.4, 0.5) is 0 Å². The fraction of sp³-hybridized carbons (Fsp3) is 0.400. The molecule has 0 aliphatic heterocycles. The number of hydrogen-bond donors (Lipinski definition) is 2. The molecular formula is C15H22N6. The highest BCUT2D eigenvalue weighted by Gasteiger charge is 1.98. The summed E-state index contributed by atoms with van der Waals surface area (Å²) in [7, 11) is 0. The molecule has 21 heavy (non-hydrogen) atoms. The van der Waals surface area contributed by atoms with Gasteiger partial charge in [-0.2, -0.15) is 5.10 Å². The summed E-state index contributed by atoms with van der Waals surface area (Å²) in [4.78, 5) is 8.85. The van der Waals surface area contributed by atoms with Gasteiger partial charge >= 0.3 is 0 Å². The first kappa shape index (κ1) is 15.0. The van der Waals surface area contributed by atoms with Crippen LogP contribution in [0.25, 0.3) is 0 Å². The van der Waals surface area contributed by atoms with Crippen LogP contribution in [0.1, 0.15) is 12.6 Å². The van der Waals surface area contributed by atoms with Crippen molar-refractivity contribution < 1.29 is 0 Å². The number of nitrogens with one attached hydrogen (secondary N) is 2. The number of hydrogen-bond acceptors (Lipinski definition) is 3. The Hall–Kier alpha value is -2.37. The lowest BCUT2D eigenvalue weighted by molar-refractivity contribution is 0.598. The van der Waals surface area contributed by atoms with Crippen molar-refractivity contribution in [1.29, 1.82) is 0 Å². The van der Waals surface area contributed by atoms with E-state index in [1.807, 2.05) is 41.3 Å². The zero-order valence-electron chi connectivity index (χ0n) is 12.4. The van der Waals surface area contributed by atoms with Crippen LogP contribution < -0.4 is 10.6 Å². The van der Waals surface area contributed by atoms with E-state index < -0.39 is 0 Å². The van der Waals surface area contributed by atoms with Crippen LogP contribution in [0.3, 0.4) is 0 Å². The quantitative estimate of drug-likeness (QED) is 0.590. The molecule has 0 atom stereocenters. The Morgan fingerprint density at radius 1 is 1.24 bits per heavy atom. The summed E-state index contributed by atoms with van der Waals surface area (Å²) in [5, 5.41) is 10.7. The van der Waals surface area contributed by atoms with Gasteiger partial charge in [0.1, 0.15) is 0 Å². The average molecular weight is 286 g/mol. The van der Waals surface area contributed by atoms with Crippen LogP contribution in [0.15, 0.2) is 47.8 Å². The smallest absolute Gasteiger partial charge is 0.191 e. The number of rotatable bonds is 7. The first-order chi connectivity index (χ1) is 10.4. The van der Waals surface area contributed by atoms with Gasteiger partial charge in [-0.25, -0.2) is 0 Å². The highest BCUT2D eigenvalue weighted by Crippen LogP contribution is 1.94. The van der Waals surface area contributed by atoms with E-state index in [1.54, 1.807) is 6.20 Å². The summed E-state index contributed by atoms with van der Waals surface area (Å²) in [6, 6.07) is 7.87. The Labute approximate surface area is 125 Å². The van der Waals surface area contributed by atoms with Crippen molar-refractivity contribution in [3.63, 3.8) is 0 Å². The molecule has 2 aromatic heterocycles. The molecule has 2 rings (SSSR count). The van der Waals surface area contributed by atoms with E-state index in [0.29, 0.717) is 6.54 Å². The number of nitrogens with zero attached hydrogens (tertiary/aromatic N) is 4. The summed E-state index contributed by atoms with van der Waals surface area (Å²) in [6.07, 6.45) is 6.39. The van der Waals surface area contributed by atoms with Gasteiger partial charge in [0, 0.05) is 50.3 Å². The van der Waals surface area contributed by atoms with E-state index >= 15 is 0 Å². The summed E-state index contributed by atoms with van der Waals surface area (Å²) >= 11 is 0. The molecule has 6 nitrogen and oxygen atoms in total. The first-order valence-corrected chi connectivity index (χ1v) is 7.28. The van der Waals surface area contributed by atoms with E-state index in [4.69, 9.17) is 0 Å². The van der Waals surface area contributed by atoms with Crippen LogP contribution in [-0.4, -0.2) is 40.4 Å². The highest BCUT2D eigenvalue weighted by molar-refractivity contribution is 5.79. The lowest BCUT2D eigenvalue weighted by Crippen LogP contribution is -2.39. The molecule has 2 heterocycles. The average Bonchev–Trinajstić information content (AvgIpc) is 3.02. The van der Waals surface area contributed by atoms with Gasteiger partial charge in [0.05, 0.1) is 6.54 Å². The van der Waals surface area contributed by atoms with Crippen molar-refractivity contribution in [1.82, 2.24) is 25.4 Å². The summed E-state index contributed by atoms with van der Waals surface area (Å²) in [5.41, 5.74) is 1.06. The lowest BCUT2D eigenvalue weighted by Gasteiger charge is -2.11. The maximum Gasteiger partial charge on any atom is 0.191 e. The molecular weight excluding hydrogens is 264 g/mol. The van der Waals surface area contributed by atoms with E-state index in [2.05, 4.69) is 32.6 Å². The standard InChI is InChI=1S/C15H22N6/c1-2-16-15(19-11-13-21-12-5-9-20-21)18-10-7-14-6-3-4-8-17-14/h3-6,8-9,12H,2,7,10-11,13H2,1H3,(H2,16,18,19). The van der Waals surface area contributed by atoms with Crippen LogP contribution in [0.2, 0.25) is 0 Å². The van der Waals surface area contributed by atoms with Gasteiger partial charge in [0.15, 0.2) is 5.96 Å². The van der Waals surface area contributed by atoms with Crippen molar-refractivity contribution in [2.75, 3.05) is 19.6 Å². The summed E-state index contributed by atoms with van der Waals surface area (Å²) in [5.74, 6) is 0.834. The molecule has 0 aliphatic rings. The summed E-state index contributed by atoms with van der Waals surface area (Å²) < 4.78 is 1.89. The maximum absolute atomic E-state index is 4.55. The number of aromatic nitrogens is 3. The molecule has 0 unspecified atom stereocenters. The van der Waals surface area contributed by atoms with Crippen molar-refractivity contribution in [3.8, 4) is 0 Å². The SMILES string of the molecule is CCNC(=NCCc1ccccn1)NCCn1cccn1. The van der Waals surface area contributed by atoms with E-state index in [0.717, 1.165) is 37.7 Å². The van der Waals surface area contributed by atoms with Crippen molar-refractivity contribution in [2.24, 2.45) is 4.99 Å². The van der Waals surface area contributed by atoms with Gasteiger partial charge in [-0.05, 0) is 25.1 Å². The zero-order chi connectivity index (χ0) is 14.8. The molecule has 0 spiro atoms. The largest absolute Gasteiger partial charge is 0.357 e. The van der Waals surface area contributed by atoms with Crippen LogP contribution >= 0.6 is 0 Å². The second kappa shape index (κ2) is 8.73. The molecule has 0 bridgehead atoms. The Kier molecular flexibility index (Phi) is 6.25. The molecule has 2 N–H and O–H groups in total. The maximum atomic E-state index is 4.55. The number of aliphatic imine (C=N–C) groups is 1.